The maximum absolute atomic E-state index is 13.4. The lowest BCUT2D eigenvalue weighted by atomic mass is 10.1. The van der Waals surface area contributed by atoms with Crippen LogP contribution in [0.5, 0.6) is 0 Å². The van der Waals surface area contributed by atoms with Gasteiger partial charge in [0.15, 0.2) is 0 Å². The molecule has 3 heterocycles. The van der Waals surface area contributed by atoms with Crippen LogP contribution in [-0.4, -0.2) is 27.9 Å². The van der Waals surface area contributed by atoms with Crippen molar-refractivity contribution in [2.75, 3.05) is 16.8 Å². The van der Waals surface area contributed by atoms with Gasteiger partial charge in [0.1, 0.15) is 11.5 Å². The zero-order valence-electron chi connectivity index (χ0n) is 16.2. The van der Waals surface area contributed by atoms with Crippen LogP contribution in [0.1, 0.15) is 39.4 Å². The first kappa shape index (κ1) is 20.6. The number of carbonyl (C=O) groups excluding carboxylic acids is 2. The van der Waals surface area contributed by atoms with Crippen molar-refractivity contribution in [2.45, 2.75) is 19.1 Å². The van der Waals surface area contributed by atoms with Gasteiger partial charge < -0.3 is 14.8 Å². The lowest BCUT2D eigenvalue weighted by molar-refractivity contribution is -0.137. The van der Waals surface area contributed by atoms with E-state index in [1.807, 2.05) is 6.92 Å². The molecule has 0 aliphatic carbocycles. The third-order valence-electron chi connectivity index (χ3n) is 5.01. The van der Waals surface area contributed by atoms with Gasteiger partial charge in [-0.15, -0.1) is 0 Å². The Morgan fingerprint density at radius 2 is 1.87 bits per heavy atom. The van der Waals surface area contributed by atoms with Gasteiger partial charge in [0, 0.05) is 30.7 Å². The molecule has 0 saturated carbocycles. The molecule has 0 saturated heterocycles. The summed E-state index contributed by atoms with van der Waals surface area (Å²) in [7, 11) is 0. The molecule has 6 nitrogen and oxygen atoms in total. The van der Waals surface area contributed by atoms with Crippen molar-refractivity contribution in [3.63, 3.8) is 0 Å². The lowest BCUT2D eigenvalue weighted by Crippen LogP contribution is -2.42. The second kappa shape index (κ2) is 7.53. The summed E-state index contributed by atoms with van der Waals surface area (Å²) in [5, 5.41) is 2.58. The molecule has 2 aromatic heterocycles. The van der Waals surface area contributed by atoms with Gasteiger partial charge in [-0.2, -0.15) is 13.2 Å². The van der Waals surface area contributed by atoms with Gasteiger partial charge in [0.05, 0.1) is 23.0 Å². The van der Waals surface area contributed by atoms with Crippen LogP contribution in [0.25, 0.3) is 0 Å². The Morgan fingerprint density at radius 1 is 1.16 bits per heavy atom. The Morgan fingerprint density at radius 3 is 2.52 bits per heavy atom. The van der Waals surface area contributed by atoms with Gasteiger partial charge in [-0.3, -0.25) is 14.6 Å². The normalized spacial score (nSPS) is 16.2. The van der Waals surface area contributed by atoms with E-state index in [-0.39, 0.29) is 29.5 Å². The van der Waals surface area contributed by atoms with Crippen molar-refractivity contribution in [1.29, 1.82) is 0 Å². The molecular weight excluding hydrogens is 416 g/mol. The Kier molecular flexibility index (Phi) is 5.00. The molecule has 1 N–H and O–H groups in total. The van der Waals surface area contributed by atoms with Crippen molar-refractivity contribution in [1.82, 2.24) is 9.55 Å². The van der Waals surface area contributed by atoms with Gasteiger partial charge in [-0.1, -0.05) is 0 Å². The van der Waals surface area contributed by atoms with E-state index in [9.17, 15) is 27.2 Å². The SMILES string of the molecule is C[C@H]1CN(c2ccc(C(F)(F)F)cc2)C(=O)c2c(NC(=O)c3cncc(F)c3)ccn21. The van der Waals surface area contributed by atoms with Crippen LogP contribution in [0.3, 0.4) is 0 Å². The van der Waals surface area contributed by atoms with Gasteiger partial charge in [-0.05, 0) is 43.3 Å². The molecule has 1 aromatic carbocycles. The summed E-state index contributed by atoms with van der Waals surface area (Å²) in [4.78, 5) is 30.6. The fourth-order valence-electron chi connectivity index (χ4n) is 3.49. The van der Waals surface area contributed by atoms with Crippen LogP contribution in [0.4, 0.5) is 28.9 Å². The molecule has 1 aliphatic rings. The molecular formula is C21H16F4N4O2. The Balaban J connectivity index is 1.63. The number of pyridine rings is 1. The number of halogens is 4. The number of benzene rings is 1. The number of aromatic nitrogens is 2. The monoisotopic (exact) mass is 432 g/mol. The number of nitrogens with zero attached hydrogens (tertiary/aromatic N) is 3. The number of anilines is 2. The predicted octanol–water partition coefficient (Wildman–Crippen LogP) is 4.51. The summed E-state index contributed by atoms with van der Waals surface area (Å²) in [6, 6.07) is 6.68. The van der Waals surface area contributed by atoms with Gasteiger partial charge in [0.2, 0.25) is 0 Å². The zero-order chi connectivity index (χ0) is 22.3. The topological polar surface area (TPSA) is 67.2 Å². The predicted molar refractivity (Wildman–Crippen MR) is 104 cm³/mol. The van der Waals surface area contributed by atoms with Crippen LogP contribution in [-0.2, 0) is 6.18 Å². The van der Waals surface area contributed by atoms with E-state index in [4.69, 9.17) is 0 Å². The summed E-state index contributed by atoms with van der Waals surface area (Å²) in [5.74, 6) is -1.80. The Labute approximate surface area is 174 Å². The molecule has 1 aliphatic heterocycles. The highest BCUT2D eigenvalue weighted by molar-refractivity contribution is 6.13. The summed E-state index contributed by atoms with van der Waals surface area (Å²) in [5.41, 5.74) is -0.132. The van der Waals surface area contributed by atoms with E-state index in [0.29, 0.717) is 5.69 Å². The zero-order valence-corrected chi connectivity index (χ0v) is 16.2. The van der Waals surface area contributed by atoms with Gasteiger partial charge in [0.25, 0.3) is 11.8 Å². The van der Waals surface area contributed by atoms with E-state index >= 15 is 0 Å². The molecule has 31 heavy (non-hydrogen) atoms. The summed E-state index contributed by atoms with van der Waals surface area (Å²) in [6.07, 6.45) is -0.679. The van der Waals surface area contributed by atoms with E-state index in [0.717, 1.165) is 24.4 Å². The summed E-state index contributed by atoms with van der Waals surface area (Å²) in [6.45, 7) is 2.09. The van der Waals surface area contributed by atoms with Crippen molar-refractivity contribution in [3.8, 4) is 0 Å². The van der Waals surface area contributed by atoms with Gasteiger partial charge in [-0.25, -0.2) is 4.39 Å². The first-order valence-electron chi connectivity index (χ1n) is 9.27. The van der Waals surface area contributed by atoms with E-state index in [2.05, 4.69) is 10.3 Å². The number of alkyl halides is 3. The first-order chi connectivity index (χ1) is 14.6. The number of rotatable bonds is 3. The fraction of sp³-hybridized carbons (Fsp3) is 0.190. The van der Waals surface area contributed by atoms with Crippen molar-refractivity contribution < 1.29 is 27.2 Å². The molecule has 1 atom stereocenters. The van der Waals surface area contributed by atoms with Crippen LogP contribution in [0.2, 0.25) is 0 Å². The highest BCUT2D eigenvalue weighted by Crippen LogP contribution is 2.34. The first-order valence-corrected chi connectivity index (χ1v) is 9.27. The number of nitrogens with one attached hydrogen (secondary N) is 1. The smallest absolute Gasteiger partial charge is 0.337 e. The average Bonchev–Trinajstić information content (AvgIpc) is 3.14. The summed E-state index contributed by atoms with van der Waals surface area (Å²) < 4.78 is 53.6. The minimum atomic E-state index is -4.48. The number of hydrogen-bond donors (Lipinski definition) is 1. The number of amides is 2. The number of hydrogen-bond acceptors (Lipinski definition) is 3. The Hall–Kier alpha value is -3.69. The quantitative estimate of drug-likeness (QED) is 0.619. The molecule has 3 aromatic rings. The second-order valence-corrected chi connectivity index (χ2v) is 7.14. The second-order valence-electron chi connectivity index (χ2n) is 7.14. The van der Waals surface area contributed by atoms with Crippen LogP contribution < -0.4 is 10.2 Å². The minimum Gasteiger partial charge on any atom is -0.337 e. The van der Waals surface area contributed by atoms with Crippen molar-refractivity contribution in [3.05, 3.63) is 77.6 Å². The van der Waals surface area contributed by atoms with E-state index in [1.54, 1.807) is 16.8 Å². The number of carbonyl (C=O) groups is 2. The largest absolute Gasteiger partial charge is 0.416 e. The van der Waals surface area contributed by atoms with E-state index < -0.39 is 29.4 Å². The average molecular weight is 432 g/mol. The lowest BCUT2D eigenvalue weighted by Gasteiger charge is -2.33. The van der Waals surface area contributed by atoms with Crippen LogP contribution in [0.15, 0.2) is 55.0 Å². The molecule has 160 valence electrons. The maximum Gasteiger partial charge on any atom is 0.416 e. The van der Waals surface area contributed by atoms with Gasteiger partial charge >= 0.3 is 6.18 Å². The maximum atomic E-state index is 13.4. The fourth-order valence-corrected chi connectivity index (χ4v) is 3.49. The highest BCUT2D eigenvalue weighted by atomic mass is 19.4. The molecule has 2 amide bonds. The molecule has 0 fully saturated rings. The van der Waals surface area contributed by atoms with Crippen LogP contribution in [0, 0.1) is 5.82 Å². The third-order valence-corrected chi connectivity index (χ3v) is 5.01. The molecule has 0 bridgehead atoms. The Bertz CT molecular complexity index is 1150. The van der Waals surface area contributed by atoms with E-state index in [1.165, 1.54) is 23.2 Å². The standard InChI is InChI=1S/C21H16F4N4O2/c1-12-11-29(16-4-2-14(3-5-16)21(23,24)25)20(31)18-17(6-7-28(12)18)27-19(30)13-8-15(22)10-26-9-13/h2-10,12H,11H2,1H3,(H,27,30)/t12-/m0/s1. The molecule has 10 heteroatoms. The highest BCUT2D eigenvalue weighted by Gasteiger charge is 2.34. The van der Waals surface area contributed by atoms with Crippen molar-refractivity contribution in [2.24, 2.45) is 0 Å². The number of fused-ring (bicyclic) bond motifs is 1. The minimum absolute atomic E-state index is 0.0177. The molecule has 0 radical (unpaired) electrons. The summed E-state index contributed by atoms with van der Waals surface area (Å²) >= 11 is 0. The third kappa shape index (κ3) is 3.88. The van der Waals surface area contributed by atoms with Crippen molar-refractivity contribution >= 4 is 23.2 Å². The van der Waals surface area contributed by atoms with Crippen LogP contribution >= 0.6 is 0 Å². The molecule has 0 unspecified atom stereocenters. The molecule has 4 rings (SSSR count). The molecule has 0 spiro atoms.